The Morgan fingerprint density at radius 1 is 1.06 bits per heavy atom. The van der Waals surface area contributed by atoms with E-state index in [2.05, 4.69) is 16.0 Å². The molecule has 31 heavy (non-hydrogen) atoms. The number of benzene rings is 2. The Morgan fingerprint density at radius 3 is 2.52 bits per heavy atom. The van der Waals surface area contributed by atoms with E-state index in [1.54, 1.807) is 24.4 Å². The molecular formula is C22H15F3N4OS. The van der Waals surface area contributed by atoms with Gasteiger partial charge in [0.25, 0.3) is 0 Å². The zero-order valence-electron chi connectivity index (χ0n) is 16.1. The van der Waals surface area contributed by atoms with E-state index in [4.69, 9.17) is 5.26 Å². The van der Waals surface area contributed by atoms with Crippen molar-refractivity contribution in [2.24, 2.45) is 0 Å². The molecule has 0 aliphatic carbocycles. The second kappa shape index (κ2) is 8.40. The number of para-hydroxylation sites is 2. The minimum Gasteiger partial charge on any atom is -0.346 e. The number of hydrogen-bond acceptors (Lipinski definition) is 5. The molecule has 2 aromatic heterocycles. The van der Waals surface area contributed by atoms with Crippen molar-refractivity contribution >= 4 is 39.4 Å². The highest BCUT2D eigenvalue weighted by atomic mass is 32.2. The molecule has 0 radical (unpaired) electrons. The molecule has 0 N–H and O–H groups in total. The molecule has 0 saturated heterocycles. The summed E-state index contributed by atoms with van der Waals surface area (Å²) in [5.41, 5.74) is 1.47. The van der Waals surface area contributed by atoms with Crippen LogP contribution in [0.2, 0.25) is 0 Å². The van der Waals surface area contributed by atoms with Crippen molar-refractivity contribution in [1.29, 1.82) is 5.26 Å². The molecule has 2 heterocycles. The summed E-state index contributed by atoms with van der Waals surface area (Å²) in [5.74, 6) is -1.53. The fourth-order valence-corrected chi connectivity index (χ4v) is 4.22. The Bertz CT molecular complexity index is 1320. The average molecular weight is 440 g/mol. The van der Waals surface area contributed by atoms with Gasteiger partial charge in [0.15, 0.2) is 5.78 Å². The van der Waals surface area contributed by atoms with Gasteiger partial charge >= 0.3 is 6.18 Å². The molecule has 2 aromatic carbocycles. The molecule has 0 aliphatic heterocycles. The molecule has 4 rings (SSSR count). The number of carbonyl (C=O) groups excluding carboxylic acids is 1. The van der Waals surface area contributed by atoms with E-state index in [-0.39, 0.29) is 22.1 Å². The Morgan fingerprint density at radius 2 is 1.77 bits per heavy atom. The van der Waals surface area contributed by atoms with Crippen LogP contribution in [0.5, 0.6) is 0 Å². The van der Waals surface area contributed by atoms with E-state index in [1.807, 2.05) is 28.8 Å². The van der Waals surface area contributed by atoms with Crippen molar-refractivity contribution in [1.82, 2.24) is 14.5 Å². The van der Waals surface area contributed by atoms with E-state index in [0.717, 1.165) is 22.7 Å². The number of halogens is 3. The van der Waals surface area contributed by atoms with Crippen LogP contribution in [0.25, 0.3) is 21.8 Å². The third kappa shape index (κ3) is 4.25. The smallest absolute Gasteiger partial charge is 0.346 e. The van der Waals surface area contributed by atoms with Crippen LogP contribution in [0.1, 0.15) is 22.6 Å². The number of carbonyl (C=O) groups is 1. The summed E-state index contributed by atoms with van der Waals surface area (Å²) < 4.78 is 41.5. The molecule has 4 aromatic rings. The van der Waals surface area contributed by atoms with Gasteiger partial charge in [0.1, 0.15) is 5.03 Å². The monoisotopic (exact) mass is 440 g/mol. The maximum Gasteiger partial charge on any atom is 0.451 e. The van der Waals surface area contributed by atoms with Crippen LogP contribution in [0.15, 0.2) is 59.8 Å². The fraction of sp³-hybridized carbons (Fsp3) is 0.182. The number of alkyl halides is 3. The van der Waals surface area contributed by atoms with Gasteiger partial charge in [-0.2, -0.15) is 18.4 Å². The fourth-order valence-electron chi connectivity index (χ4n) is 3.32. The predicted octanol–water partition coefficient (Wildman–Crippen LogP) is 5.49. The van der Waals surface area contributed by atoms with E-state index in [0.29, 0.717) is 23.9 Å². The van der Waals surface area contributed by atoms with Crippen molar-refractivity contribution in [3.05, 3.63) is 66.1 Å². The Balaban J connectivity index is 1.65. The lowest BCUT2D eigenvalue weighted by Crippen LogP contribution is -2.12. The summed E-state index contributed by atoms with van der Waals surface area (Å²) >= 11 is 0.957. The van der Waals surface area contributed by atoms with E-state index < -0.39 is 12.0 Å². The average Bonchev–Trinajstić information content (AvgIpc) is 3.14. The summed E-state index contributed by atoms with van der Waals surface area (Å²) in [6.45, 7) is 0.447. The molecule has 156 valence electrons. The van der Waals surface area contributed by atoms with Crippen LogP contribution in [-0.4, -0.2) is 26.1 Å². The second-order valence-corrected chi connectivity index (χ2v) is 7.70. The van der Waals surface area contributed by atoms with Gasteiger partial charge < -0.3 is 4.57 Å². The van der Waals surface area contributed by atoms with Crippen LogP contribution in [-0.2, 0) is 12.7 Å². The minimum absolute atomic E-state index is 0.0788. The lowest BCUT2D eigenvalue weighted by molar-refractivity contribution is -0.145. The van der Waals surface area contributed by atoms with Gasteiger partial charge in [-0.25, -0.2) is 9.97 Å². The van der Waals surface area contributed by atoms with Crippen molar-refractivity contribution in [3.63, 3.8) is 0 Å². The van der Waals surface area contributed by atoms with E-state index in [1.165, 1.54) is 6.07 Å². The summed E-state index contributed by atoms with van der Waals surface area (Å²) in [4.78, 5) is 20.3. The summed E-state index contributed by atoms with van der Waals surface area (Å²) in [5, 5.41) is 10.2. The number of aromatic nitrogens is 3. The van der Waals surface area contributed by atoms with Crippen LogP contribution in [0, 0.1) is 11.3 Å². The largest absolute Gasteiger partial charge is 0.451 e. The number of Topliss-reactive ketones (excluding diaryl/α,β-unsaturated/α-hetero) is 1. The molecule has 0 unspecified atom stereocenters. The summed E-state index contributed by atoms with van der Waals surface area (Å²) in [6.07, 6.45) is -2.68. The predicted molar refractivity (Wildman–Crippen MR) is 112 cm³/mol. The zero-order valence-corrected chi connectivity index (χ0v) is 16.9. The van der Waals surface area contributed by atoms with Crippen molar-refractivity contribution in [2.45, 2.75) is 24.2 Å². The zero-order chi connectivity index (χ0) is 22.0. The van der Waals surface area contributed by atoms with Gasteiger partial charge in [-0.15, -0.1) is 0 Å². The Hall–Kier alpha value is -3.38. The van der Waals surface area contributed by atoms with Gasteiger partial charge in [0.2, 0.25) is 5.82 Å². The third-order valence-electron chi connectivity index (χ3n) is 4.72. The van der Waals surface area contributed by atoms with Crippen molar-refractivity contribution in [3.8, 4) is 6.07 Å². The van der Waals surface area contributed by atoms with Gasteiger partial charge in [-0.05, 0) is 12.1 Å². The lowest BCUT2D eigenvalue weighted by atomic mass is 10.1. The summed E-state index contributed by atoms with van der Waals surface area (Å²) in [6, 6.07) is 15.8. The first-order valence-electron chi connectivity index (χ1n) is 9.33. The molecule has 0 atom stereocenters. The van der Waals surface area contributed by atoms with Crippen LogP contribution >= 0.6 is 11.8 Å². The number of ketones is 1. The number of nitrogens with zero attached hydrogens (tertiary/aromatic N) is 4. The van der Waals surface area contributed by atoms with Gasteiger partial charge in [-0.1, -0.05) is 48.2 Å². The first-order valence-corrected chi connectivity index (χ1v) is 10.3. The normalized spacial score (nSPS) is 11.7. The van der Waals surface area contributed by atoms with E-state index in [9.17, 15) is 18.0 Å². The van der Waals surface area contributed by atoms with Crippen molar-refractivity contribution < 1.29 is 18.0 Å². The van der Waals surface area contributed by atoms with Gasteiger partial charge in [0, 0.05) is 34.6 Å². The molecule has 0 amide bonds. The Labute approximate surface area is 179 Å². The van der Waals surface area contributed by atoms with Gasteiger partial charge in [-0.3, -0.25) is 4.79 Å². The molecule has 5 nitrogen and oxygen atoms in total. The minimum atomic E-state index is -4.68. The lowest BCUT2D eigenvalue weighted by Gasteiger charge is -2.10. The maximum atomic E-state index is 13.2. The number of nitriles is 1. The number of hydrogen-bond donors (Lipinski definition) is 0. The van der Waals surface area contributed by atoms with Gasteiger partial charge in [0.05, 0.1) is 23.8 Å². The highest BCUT2D eigenvalue weighted by Crippen LogP contribution is 2.33. The Kier molecular flexibility index (Phi) is 5.65. The van der Waals surface area contributed by atoms with Crippen LogP contribution in [0.4, 0.5) is 13.2 Å². The van der Waals surface area contributed by atoms with Crippen LogP contribution < -0.4 is 0 Å². The molecular weight excluding hydrogens is 425 g/mol. The molecule has 9 heteroatoms. The first kappa shape index (κ1) is 20.9. The SMILES string of the molecule is N#CCCn1cc(C(=O)CSc2nc(C(F)(F)F)nc3ccccc23)c2ccccc21. The molecule has 0 aliphatic rings. The summed E-state index contributed by atoms with van der Waals surface area (Å²) in [7, 11) is 0. The maximum absolute atomic E-state index is 13.2. The molecule has 0 fully saturated rings. The van der Waals surface area contributed by atoms with E-state index >= 15 is 0 Å². The number of thioether (sulfide) groups is 1. The second-order valence-electron chi connectivity index (χ2n) is 6.74. The number of rotatable bonds is 6. The third-order valence-corrected chi connectivity index (χ3v) is 5.71. The molecule has 0 spiro atoms. The molecule has 0 saturated carbocycles. The number of aryl methyl sites for hydroxylation is 1. The highest BCUT2D eigenvalue weighted by Gasteiger charge is 2.35. The standard InChI is InChI=1S/C22H15F3N4OS/c23-22(24,25)21-27-17-8-3-1-7-15(17)20(28-21)31-13-19(30)16-12-29(11-5-10-26)18-9-4-2-6-14(16)18/h1-4,6-9,12H,5,11,13H2. The first-order chi connectivity index (χ1) is 14.9. The quantitative estimate of drug-likeness (QED) is 0.225. The van der Waals surface area contributed by atoms with Crippen molar-refractivity contribution in [2.75, 3.05) is 5.75 Å². The molecule has 0 bridgehead atoms. The highest BCUT2D eigenvalue weighted by molar-refractivity contribution is 8.00. The van der Waals surface area contributed by atoms with Crippen LogP contribution in [0.3, 0.4) is 0 Å². The topological polar surface area (TPSA) is 71.6 Å². The number of fused-ring (bicyclic) bond motifs is 2.